The van der Waals surface area contributed by atoms with Crippen LogP contribution in [-0.2, 0) is 4.74 Å². The number of nitrogens with one attached hydrogen (secondary N) is 1. The van der Waals surface area contributed by atoms with Crippen molar-refractivity contribution in [2.24, 2.45) is 10.2 Å². The molecular formula is C14H18N6O2. The van der Waals surface area contributed by atoms with Crippen molar-refractivity contribution < 1.29 is 9.53 Å². The predicted molar refractivity (Wildman–Crippen MR) is 77.1 cm³/mol. The Labute approximate surface area is 128 Å². The molecule has 2 aliphatic heterocycles. The first-order valence-electron chi connectivity index (χ1n) is 7.38. The SMILES string of the molecule is C#CCCC1(CCNC(=O)c2cnn(C3CCOC3)n2)N=N1. The number of aromatic nitrogens is 3. The maximum absolute atomic E-state index is 12.0. The van der Waals surface area contributed by atoms with E-state index in [1.165, 1.54) is 6.20 Å². The normalized spacial score (nSPS) is 21.5. The van der Waals surface area contributed by atoms with Crippen molar-refractivity contribution in [3.63, 3.8) is 0 Å². The summed E-state index contributed by atoms with van der Waals surface area (Å²) in [5.41, 5.74) is -0.0624. The molecule has 1 aromatic heterocycles. The Hall–Kier alpha value is -2.27. The van der Waals surface area contributed by atoms with E-state index in [-0.39, 0.29) is 17.6 Å². The van der Waals surface area contributed by atoms with E-state index in [0.29, 0.717) is 38.3 Å². The van der Waals surface area contributed by atoms with Crippen molar-refractivity contribution >= 4 is 5.91 Å². The molecule has 8 heteroatoms. The lowest BCUT2D eigenvalue weighted by Gasteiger charge is -2.09. The standard InChI is InChI=1S/C14H18N6O2/c1-2-3-5-14(18-19-14)6-7-15-13(21)12-9-16-20(17-12)11-4-8-22-10-11/h1,9,11H,3-8,10H2,(H,15,21). The fourth-order valence-electron chi connectivity index (χ4n) is 2.39. The summed E-state index contributed by atoms with van der Waals surface area (Å²) < 4.78 is 5.29. The molecule has 8 nitrogen and oxygen atoms in total. The first kappa shape index (κ1) is 14.7. The highest BCUT2D eigenvalue weighted by Gasteiger charge is 2.38. The Bertz CT molecular complexity index is 605. The molecule has 0 spiro atoms. The number of carbonyl (C=O) groups is 1. The maximum Gasteiger partial charge on any atom is 0.273 e. The molecule has 0 radical (unpaired) electrons. The van der Waals surface area contributed by atoms with Crippen LogP contribution >= 0.6 is 0 Å². The van der Waals surface area contributed by atoms with Gasteiger partial charge in [0, 0.05) is 32.4 Å². The van der Waals surface area contributed by atoms with Gasteiger partial charge in [-0.1, -0.05) is 0 Å². The summed E-state index contributed by atoms with van der Waals surface area (Å²) in [7, 11) is 0. The number of nitrogens with zero attached hydrogens (tertiary/aromatic N) is 5. The summed E-state index contributed by atoms with van der Waals surface area (Å²) in [5, 5.41) is 19.2. The zero-order valence-electron chi connectivity index (χ0n) is 12.2. The van der Waals surface area contributed by atoms with Gasteiger partial charge in [-0.15, -0.1) is 17.4 Å². The highest BCUT2D eigenvalue weighted by molar-refractivity contribution is 5.91. The highest BCUT2D eigenvalue weighted by Crippen LogP contribution is 2.36. The largest absolute Gasteiger partial charge is 0.379 e. The van der Waals surface area contributed by atoms with Crippen LogP contribution in [-0.4, -0.2) is 46.3 Å². The lowest BCUT2D eigenvalue weighted by atomic mass is 10.0. The summed E-state index contributed by atoms with van der Waals surface area (Å²) in [5.74, 6) is 2.34. The van der Waals surface area contributed by atoms with E-state index in [1.807, 2.05) is 0 Å². The predicted octanol–water partition coefficient (Wildman–Crippen LogP) is 0.935. The number of amides is 1. The molecule has 1 unspecified atom stereocenters. The Morgan fingerprint density at radius 1 is 1.55 bits per heavy atom. The smallest absolute Gasteiger partial charge is 0.273 e. The molecule has 1 amide bonds. The number of hydrogen-bond acceptors (Lipinski definition) is 6. The van der Waals surface area contributed by atoms with E-state index in [4.69, 9.17) is 11.2 Å². The van der Waals surface area contributed by atoms with Gasteiger partial charge in [0.1, 0.15) is 0 Å². The molecule has 116 valence electrons. The third kappa shape index (κ3) is 3.31. The van der Waals surface area contributed by atoms with Gasteiger partial charge < -0.3 is 10.1 Å². The van der Waals surface area contributed by atoms with Crippen LogP contribution in [0.25, 0.3) is 0 Å². The summed E-state index contributed by atoms with van der Waals surface area (Å²) >= 11 is 0. The van der Waals surface area contributed by atoms with E-state index in [2.05, 4.69) is 31.7 Å². The van der Waals surface area contributed by atoms with Crippen LogP contribution in [0.1, 0.15) is 42.2 Å². The molecule has 2 aliphatic rings. The molecule has 1 aromatic rings. The van der Waals surface area contributed by atoms with E-state index >= 15 is 0 Å². The van der Waals surface area contributed by atoms with Gasteiger partial charge in [0.2, 0.25) is 0 Å². The van der Waals surface area contributed by atoms with Gasteiger partial charge >= 0.3 is 0 Å². The van der Waals surface area contributed by atoms with Crippen molar-refractivity contribution in [2.45, 2.75) is 37.4 Å². The third-order valence-corrected chi connectivity index (χ3v) is 3.84. The van der Waals surface area contributed by atoms with Gasteiger partial charge in [0.15, 0.2) is 11.4 Å². The second kappa shape index (κ2) is 6.23. The van der Waals surface area contributed by atoms with E-state index in [9.17, 15) is 4.79 Å². The van der Waals surface area contributed by atoms with Crippen LogP contribution in [0, 0.1) is 12.3 Å². The molecule has 1 fully saturated rings. The van der Waals surface area contributed by atoms with Crippen molar-refractivity contribution in [2.75, 3.05) is 19.8 Å². The third-order valence-electron chi connectivity index (χ3n) is 3.84. The highest BCUT2D eigenvalue weighted by atomic mass is 16.5. The van der Waals surface area contributed by atoms with E-state index in [0.717, 1.165) is 12.8 Å². The molecule has 22 heavy (non-hydrogen) atoms. The average molecular weight is 302 g/mol. The second-order valence-electron chi connectivity index (χ2n) is 5.46. The molecule has 1 saturated heterocycles. The first-order chi connectivity index (χ1) is 10.7. The molecule has 0 saturated carbocycles. The number of ether oxygens (including phenoxy) is 1. The minimum atomic E-state index is -0.377. The Kier molecular flexibility index (Phi) is 4.15. The molecule has 1 N–H and O–H groups in total. The van der Waals surface area contributed by atoms with Crippen LogP contribution in [0.4, 0.5) is 0 Å². The number of carbonyl (C=O) groups excluding carboxylic acids is 1. The van der Waals surface area contributed by atoms with Gasteiger partial charge in [0.25, 0.3) is 5.91 Å². The number of terminal acetylenes is 1. The average Bonchev–Trinajstić information content (AvgIpc) is 2.98. The number of hydrogen-bond donors (Lipinski definition) is 1. The van der Waals surface area contributed by atoms with Gasteiger partial charge in [-0.2, -0.15) is 20.1 Å². The van der Waals surface area contributed by atoms with Crippen LogP contribution in [0.5, 0.6) is 0 Å². The first-order valence-corrected chi connectivity index (χ1v) is 7.38. The molecule has 3 heterocycles. The summed E-state index contributed by atoms with van der Waals surface area (Å²) in [6.45, 7) is 1.78. The summed E-state index contributed by atoms with van der Waals surface area (Å²) in [4.78, 5) is 13.6. The minimum absolute atomic E-state index is 0.123. The van der Waals surface area contributed by atoms with Crippen LogP contribution in [0.15, 0.2) is 16.4 Å². The lowest BCUT2D eigenvalue weighted by molar-refractivity contribution is 0.0945. The Morgan fingerprint density at radius 3 is 3.09 bits per heavy atom. The van der Waals surface area contributed by atoms with Crippen molar-refractivity contribution in [1.29, 1.82) is 0 Å². The molecular weight excluding hydrogens is 284 g/mol. The zero-order chi connectivity index (χ0) is 15.4. The zero-order valence-corrected chi connectivity index (χ0v) is 12.2. The monoisotopic (exact) mass is 302 g/mol. The molecule has 3 rings (SSSR count). The van der Waals surface area contributed by atoms with E-state index < -0.39 is 0 Å². The van der Waals surface area contributed by atoms with Gasteiger partial charge in [0.05, 0.1) is 18.8 Å². The van der Waals surface area contributed by atoms with Crippen molar-refractivity contribution in [3.8, 4) is 12.3 Å². The topological polar surface area (TPSA) is 93.8 Å². The quantitative estimate of drug-likeness (QED) is 0.758. The second-order valence-corrected chi connectivity index (χ2v) is 5.46. The van der Waals surface area contributed by atoms with Crippen LogP contribution in [0.3, 0.4) is 0 Å². The molecule has 0 aromatic carbocycles. The Balaban J connectivity index is 1.45. The van der Waals surface area contributed by atoms with Gasteiger partial charge in [-0.25, -0.2) is 0 Å². The van der Waals surface area contributed by atoms with Crippen LogP contribution in [0.2, 0.25) is 0 Å². The Morgan fingerprint density at radius 2 is 2.41 bits per heavy atom. The van der Waals surface area contributed by atoms with Crippen molar-refractivity contribution in [3.05, 3.63) is 11.9 Å². The minimum Gasteiger partial charge on any atom is -0.379 e. The van der Waals surface area contributed by atoms with Gasteiger partial charge in [-0.3, -0.25) is 4.79 Å². The fourth-order valence-corrected chi connectivity index (χ4v) is 2.39. The fraction of sp³-hybridized carbons (Fsp3) is 0.643. The maximum atomic E-state index is 12.0. The molecule has 0 bridgehead atoms. The lowest BCUT2D eigenvalue weighted by Crippen LogP contribution is -2.28. The molecule has 1 atom stereocenters. The van der Waals surface area contributed by atoms with E-state index in [1.54, 1.807) is 4.80 Å². The molecule has 0 aliphatic carbocycles. The number of rotatable bonds is 7. The summed E-state index contributed by atoms with van der Waals surface area (Å²) in [6.07, 6.45) is 9.62. The van der Waals surface area contributed by atoms with Crippen molar-refractivity contribution in [1.82, 2.24) is 20.3 Å². The van der Waals surface area contributed by atoms with Crippen LogP contribution < -0.4 is 5.32 Å². The van der Waals surface area contributed by atoms with Gasteiger partial charge in [-0.05, 0) is 6.42 Å². The summed E-state index contributed by atoms with van der Waals surface area (Å²) in [6, 6.07) is 0.123.